The lowest BCUT2D eigenvalue weighted by atomic mass is 10.1. The van der Waals surface area contributed by atoms with E-state index in [1.807, 2.05) is 45.9 Å². The van der Waals surface area contributed by atoms with Crippen molar-refractivity contribution < 1.29 is 9.32 Å². The van der Waals surface area contributed by atoms with Crippen LogP contribution in [0.5, 0.6) is 0 Å². The van der Waals surface area contributed by atoms with Crippen LogP contribution in [0.15, 0.2) is 52.8 Å². The van der Waals surface area contributed by atoms with Crippen molar-refractivity contribution in [2.75, 3.05) is 7.05 Å². The highest BCUT2D eigenvalue weighted by Gasteiger charge is 2.11. The Morgan fingerprint density at radius 1 is 1.26 bits per heavy atom. The predicted molar refractivity (Wildman–Crippen MR) is 80.0 cm³/mol. The average molecular weight is 264 g/mol. The lowest BCUT2D eigenvalue weighted by molar-refractivity contribution is 0.103. The number of ketones is 1. The topological polar surface area (TPSA) is 69.1 Å². The molecule has 0 atom stereocenters. The SMILES string of the molecule is CC.CN.C\C=C/C=C(\C=C/C)C(=O)c1ccon1. The van der Waals surface area contributed by atoms with Crippen LogP contribution in [-0.2, 0) is 0 Å². The second kappa shape index (κ2) is 14.1. The minimum Gasteiger partial charge on any atom is -0.364 e. The molecule has 0 spiro atoms. The van der Waals surface area contributed by atoms with Gasteiger partial charge in [-0.25, -0.2) is 0 Å². The molecule has 19 heavy (non-hydrogen) atoms. The van der Waals surface area contributed by atoms with Crippen LogP contribution in [0.1, 0.15) is 38.2 Å². The Labute approximate surface area is 115 Å². The first-order chi connectivity index (χ1) is 9.29. The lowest BCUT2D eigenvalue weighted by Gasteiger charge is -1.95. The van der Waals surface area contributed by atoms with Gasteiger partial charge in [-0.2, -0.15) is 0 Å². The molecule has 0 bridgehead atoms. The highest BCUT2D eigenvalue weighted by atomic mass is 16.5. The normalized spacial score (nSPS) is 10.7. The van der Waals surface area contributed by atoms with E-state index in [4.69, 9.17) is 0 Å². The van der Waals surface area contributed by atoms with Crippen LogP contribution in [0.3, 0.4) is 0 Å². The van der Waals surface area contributed by atoms with E-state index in [0.29, 0.717) is 11.3 Å². The van der Waals surface area contributed by atoms with E-state index in [0.717, 1.165) is 0 Å². The zero-order valence-corrected chi connectivity index (χ0v) is 12.4. The van der Waals surface area contributed by atoms with E-state index in [-0.39, 0.29) is 5.78 Å². The minimum absolute atomic E-state index is 0.139. The number of Topliss-reactive ketones (excluding diaryl/α,β-unsaturated/α-hetero) is 1. The number of nitrogens with two attached hydrogens (primary N) is 1. The molecule has 0 saturated heterocycles. The van der Waals surface area contributed by atoms with Crippen LogP contribution in [0, 0.1) is 0 Å². The molecular formula is C15H24N2O2. The van der Waals surface area contributed by atoms with Crippen LogP contribution < -0.4 is 5.73 Å². The Kier molecular flexibility index (Phi) is 14.4. The zero-order chi connectivity index (χ0) is 15.1. The molecule has 1 heterocycles. The molecule has 106 valence electrons. The molecule has 4 nitrogen and oxygen atoms in total. The Morgan fingerprint density at radius 2 is 1.89 bits per heavy atom. The number of allylic oxidation sites excluding steroid dienone is 6. The molecular weight excluding hydrogens is 240 g/mol. The van der Waals surface area contributed by atoms with Crippen LogP contribution in [-0.4, -0.2) is 18.0 Å². The molecule has 0 unspecified atom stereocenters. The summed E-state index contributed by atoms with van der Waals surface area (Å²) in [5, 5.41) is 3.60. The van der Waals surface area contributed by atoms with Crippen molar-refractivity contribution in [3.8, 4) is 0 Å². The first-order valence-corrected chi connectivity index (χ1v) is 6.28. The standard InChI is InChI=1S/C12H13NO2.C2H6.CH5N/c1-3-5-7-10(6-4-2)12(14)11-8-9-15-13-11;2*1-2/h3-9H,1-2H3;1-2H3;2H2,1H3/b5-3-,6-4-,10-7+;;. The van der Waals surface area contributed by atoms with Crippen LogP contribution in [0.4, 0.5) is 0 Å². The molecule has 0 radical (unpaired) electrons. The van der Waals surface area contributed by atoms with Gasteiger partial charge in [0.2, 0.25) is 5.78 Å². The van der Waals surface area contributed by atoms with Crippen molar-refractivity contribution in [1.29, 1.82) is 0 Å². The first kappa shape index (κ1) is 19.4. The second-order valence-corrected chi connectivity index (χ2v) is 2.86. The highest BCUT2D eigenvalue weighted by Crippen LogP contribution is 2.08. The zero-order valence-electron chi connectivity index (χ0n) is 12.4. The summed E-state index contributed by atoms with van der Waals surface area (Å²) in [4.78, 5) is 11.8. The van der Waals surface area contributed by atoms with Crippen LogP contribution in [0.25, 0.3) is 0 Å². The van der Waals surface area contributed by atoms with Gasteiger partial charge in [-0.1, -0.05) is 49.4 Å². The van der Waals surface area contributed by atoms with Gasteiger partial charge in [-0.05, 0) is 20.9 Å². The third kappa shape index (κ3) is 7.89. The van der Waals surface area contributed by atoms with Gasteiger partial charge >= 0.3 is 0 Å². The number of aromatic nitrogens is 1. The van der Waals surface area contributed by atoms with Gasteiger partial charge in [0.1, 0.15) is 6.26 Å². The van der Waals surface area contributed by atoms with Gasteiger partial charge in [-0.3, -0.25) is 4.79 Å². The van der Waals surface area contributed by atoms with Gasteiger partial charge in [0.15, 0.2) is 5.69 Å². The lowest BCUT2D eigenvalue weighted by Crippen LogP contribution is -2.01. The van der Waals surface area contributed by atoms with E-state index in [9.17, 15) is 4.79 Å². The summed E-state index contributed by atoms with van der Waals surface area (Å²) >= 11 is 0. The van der Waals surface area contributed by atoms with E-state index in [2.05, 4.69) is 15.4 Å². The summed E-state index contributed by atoms with van der Waals surface area (Å²) in [6, 6.07) is 1.55. The molecule has 0 fully saturated rings. The van der Waals surface area contributed by atoms with Gasteiger partial charge < -0.3 is 10.3 Å². The average Bonchev–Trinajstić information content (AvgIpc) is 3.01. The summed E-state index contributed by atoms with van der Waals surface area (Å²) < 4.78 is 4.63. The fourth-order valence-corrected chi connectivity index (χ4v) is 1.06. The Balaban J connectivity index is 0. The molecule has 0 aliphatic heterocycles. The molecule has 2 N–H and O–H groups in total. The number of rotatable bonds is 4. The minimum atomic E-state index is -0.139. The molecule has 1 aromatic heterocycles. The fraction of sp³-hybridized carbons (Fsp3) is 0.333. The number of hydrogen-bond donors (Lipinski definition) is 1. The molecule has 1 rings (SSSR count). The molecule has 1 aromatic rings. The van der Waals surface area contributed by atoms with Gasteiger partial charge in [0, 0.05) is 11.6 Å². The van der Waals surface area contributed by atoms with Crippen molar-refractivity contribution in [3.63, 3.8) is 0 Å². The van der Waals surface area contributed by atoms with E-state index in [1.165, 1.54) is 13.3 Å². The largest absolute Gasteiger partial charge is 0.364 e. The second-order valence-electron chi connectivity index (χ2n) is 2.86. The van der Waals surface area contributed by atoms with Crippen LogP contribution in [0.2, 0.25) is 0 Å². The monoisotopic (exact) mass is 264 g/mol. The van der Waals surface area contributed by atoms with Gasteiger partial charge in [-0.15, -0.1) is 0 Å². The summed E-state index contributed by atoms with van der Waals surface area (Å²) in [7, 11) is 1.50. The van der Waals surface area contributed by atoms with E-state index < -0.39 is 0 Å². The maximum atomic E-state index is 11.8. The number of hydrogen-bond acceptors (Lipinski definition) is 4. The van der Waals surface area contributed by atoms with Crippen LogP contribution >= 0.6 is 0 Å². The van der Waals surface area contributed by atoms with Gasteiger partial charge in [0.05, 0.1) is 0 Å². The molecule has 0 amide bonds. The summed E-state index contributed by atoms with van der Waals surface area (Å²) in [5.74, 6) is -0.139. The fourth-order valence-electron chi connectivity index (χ4n) is 1.06. The summed E-state index contributed by atoms with van der Waals surface area (Å²) in [6.45, 7) is 7.75. The van der Waals surface area contributed by atoms with Crippen molar-refractivity contribution in [2.24, 2.45) is 5.73 Å². The van der Waals surface area contributed by atoms with Crippen molar-refractivity contribution >= 4 is 5.78 Å². The highest BCUT2D eigenvalue weighted by molar-refractivity contribution is 6.09. The Hall–Kier alpha value is -1.94. The maximum Gasteiger partial charge on any atom is 0.214 e. The Morgan fingerprint density at radius 3 is 2.32 bits per heavy atom. The number of carbonyl (C=O) groups is 1. The third-order valence-corrected chi connectivity index (χ3v) is 1.75. The van der Waals surface area contributed by atoms with E-state index >= 15 is 0 Å². The number of carbonyl (C=O) groups excluding carboxylic acids is 1. The van der Waals surface area contributed by atoms with Crippen molar-refractivity contribution in [2.45, 2.75) is 27.7 Å². The van der Waals surface area contributed by atoms with E-state index in [1.54, 1.807) is 18.2 Å². The number of nitrogens with zero attached hydrogens (tertiary/aromatic N) is 1. The third-order valence-electron chi connectivity index (χ3n) is 1.75. The molecule has 0 saturated carbocycles. The summed E-state index contributed by atoms with van der Waals surface area (Å²) in [5.41, 5.74) is 5.41. The van der Waals surface area contributed by atoms with Gasteiger partial charge in [0.25, 0.3) is 0 Å². The molecule has 0 aromatic carbocycles. The quantitative estimate of drug-likeness (QED) is 0.513. The molecule has 0 aliphatic rings. The maximum absolute atomic E-state index is 11.8. The Bertz CT molecular complexity index is 402. The predicted octanol–water partition coefficient (Wildman–Crippen LogP) is 3.54. The smallest absolute Gasteiger partial charge is 0.214 e. The van der Waals surface area contributed by atoms with Crippen molar-refractivity contribution in [3.05, 3.63) is 54.0 Å². The molecule has 4 heteroatoms. The molecule has 0 aliphatic carbocycles. The first-order valence-electron chi connectivity index (χ1n) is 6.28. The van der Waals surface area contributed by atoms with Crippen molar-refractivity contribution in [1.82, 2.24) is 5.16 Å². The summed E-state index contributed by atoms with van der Waals surface area (Å²) in [6.07, 6.45) is 10.4.